The summed E-state index contributed by atoms with van der Waals surface area (Å²) in [6.07, 6.45) is 0.0245. The summed E-state index contributed by atoms with van der Waals surface area (Å²) in [5.41, 5.74) is 6.29. The van der Waals surface area contributed by atoms with Crippen LogP contribution in [0.25, 0.3) is 0 Å². The summed E-state index contributed by atoms with van der Waals surface area (Å²) in [5, 5.41) is 0. The fraction of sp³-hybridized carbons (Fsp3) is 0.600. The topological polar surface area (TPSA) is 56.5 Å². The summed E-state index contributed by atoms with van der Waals surface area (Å²) in [4.78, 5) is 0. The summed E-state index contributed by atoms with van der Waals surface area (Å²) in [5.74, 6) is 7.01. The van der Waals surface area contributed by atoms with Crippen molar-refractivity contribution < 1.29 is 9.47 Å². The molecule has 0 aliphatic rings. The van der Waals surface area contributed by atoms with Crippen molar-refractivity contribution in [2.75, 3.05) is 14.2 Å². The number of methoxy groups -OCH3 is 2. The van der Waals surface area contributed by atoms with Gasteiger partial charge in [0.05, 0.1) is 19.3 Å². The minimum Gasteiger partial charge on any atom is -0.496 e. The minimum absolute atomic E-state index is 0.0245. The molecule has 0 amide bonds. The second kappa shape index (κ2) is 6.89. The van der Waals surface area contributed by atoms with Crippen LogP contribution in [0.3, 0.4) is 0 Å². The van der Waals surface area contributed by atoms with Gasteiger partial charge >= 0.3 is 0 Å². The second-order valence-corrected chi connectivity index (χ2v) is 5.27. The Labute approximate surface area is 116 Å². The molecule has 2 atom stereocenters. The number of hydrogen-bond donors (Lipinski definition) is 2. The van der Waals surface area contributed by atoms with Crippen LogP contribution in [0.15, 0.2) is 12.1 Å². The van der Waals surface area contributed by atoms with E-state index in [0.717, 1.165) is 22.4 Å². The molecule has 0 radical (unpaired) electrons. The lowest BCUT2D eigenvalue weighted by Crippen LogP contribution is -2.40. The van der Waals surface area contributed by atoms with Crippen LogP contribution in [-0.4, -0.2) is 20.3 Å². The first-order valence-corrected chi connectivity index (χ1v) is 6.60. The van der Waals surface area contributed by atoms with Crippen LogP contribution in [0.1, 0.15) is 36.6 Å². The van der Waals surface area contributed by atoms with Gasteiger partial charge in [0.1, 0.15) is 5.75 Å². The number of nitrogens with one attached hydrogen (secondary N) is 1. The smallest absolute Gasteiger partial charge is 0.122 e. The fourth-order valence-electron chi connectivity index (χ4n) is 2.52. The lowest BCUT2D eigenvalue weighted by molar-refractivity contribution is 0.0324. The highest BCUT2D eigenvalue weighted by Crippen LogP contribution is 2.30. The SMILES string of the molecule is COc1cc(C)c(C(NN)C(OC)C(C)C)cc1C. The summed E-state index contributed by atoms with van der Waals surface area (Å²) < 4.78 is 10.9. The van der Waals surface area contributed by atoms with E-state index in [9.17, 15) is 0 Å². The van der Waals surface area contributed by atoms with Gasteiger partial charge < -0.3 is 9.47 Å². The first kappa shape index (κ1) is 16.0. The molecule has 1 rings (SSSR count). The number of nitrogens with two attached hydrogens (primary N) is 1. The van der Waals surface area contributed by atoms with Crippen LogP contribution < -0.4 is 16.0 Å². The van der Waals surface area contributed by atoms with Gasteiger partial charge in [-0.3, -0.25) is 11.3 Å². The fourth-order valence-corrected chi connectivity index (χ4v) is 2.52. The molecule has 0 bridgehead atoms. The van der Waals surface area contributed by atoms with E-state index < -0.39 is 0 Å². The average molecular weight is 266 g/mol. The first-order chi connectivity index (χ1) is 8.96. The predicted octanol–water partition coefficient (Wildman–Crippen LogP) is 2.49. The number of hydrazine groups is 1. The maximum absolute atomic E-state index is 5.75. The Bertz CT molecular complexity index is 419. The van der Waals surface area contributed by atoms with Gasteiger partial charge in [-0.25, -0.2) is 0 Å². The Balaban J connectivity index is 3.21. The van der Waals surface area contributed by atoms with Gasteiger partial charge in [-0.2, -0.15) is 0 Å². The predicted molar refractivity (Wildman–Crippen MR) is 78.2 cm³/mol. The van der Waals surface area contributed by atoms with Crippen LogP contribution in [0.5, 0.6) is 5.75 Å². The van der Waals surface area contributed by atoms with E-state index in [2.05, 4.69) is 32.3 Å². The Kier molecular flexibility index (Phi) is 5.79. The van der Waals surface area contributed by atoms with Gasteiger partial charge in [0, 0.05) is 7.11 Å². The summed E-state index contributed by atoms with van der Waals surface area (Å²) in [7, 11) is 3.41. The van der Waals surface area contributed by atoms with Crippen molar-refractivity contribution in [1.29, 1.82) is 0 Å². The van der Waals surface area contributed by atoms with E-state index in [1.807, 2.05) is 13.0 Å². The molecule has 1 aromatic carbocycles. The third-order valence-corrected chi connectivity index (χ3v) is 3.56. The quantitative estimate of drug-likeness (QED) is 0.613. The molecule has 0 spiro atoms. The van der Waals surface area contributed by atoms with Crippen molar-refractivity contribution in [3.63, 3.8) is 0 Å². The zero-order valence-corrected chi connectivity index (χ0v) is 12.8. The third kappa shape index (κ3) is 3.47. The van der Waals surface area contributed by atoms with Crippen LogP contribution >= 0.6 is 0 Å². The number of aryl methyl sites for hydroxylation is 2. The highest BCUT2D eigenvalue weighted by Gasteiger charge is 2.26. The number of hydrogen-bond acceptors (Lipinski definition) is 4. The average Bonchev–Trinajstić information content (AvgIpc) is 2.37. The third-order valence-electron chi connectivity index (χ3n) is 3.56. The van der Waals surface area contributed by atoms with Crippen LogP contribution in [0.2, 0.25) is 0 Å². The van der Waals surface area contributed by atoms with E-state index in [1.165, 1.54) is 0 Å². The number of benzene rings is 1. The van der Waals surface area contributed by atoms with Gasteiger partial charge in [0.2, 0.25) is 0 Å². The Morgan fingerprint density at radius 3 is 2.16 bits per heavy atom. The first-order valence-electron chi connectivity index (χ1n) is 6.60. The lowest BCUT2D eigenvalue weighted by atomic mass is 9.90. The second-order valence-electron chi connectivity index (χ2n) is 5.27. The maximum atomic E-state index is 5.75. The van der Waals surface area contributed by atoms with Crippen LogP contribution in [-0.2, 0) is 4.74 Å². The van der Waals surface area contributed by atoms with E-state index in [4.69, 9.17) is 15.3 Å². The number of ether oxygens (including phenoxy) is 2. The molecule has 3 N–H and O–H groups in total. The molecule has 108 valence electrons. The van der Waals surface area contributed by atoms with Crippen molar-refractivity contribution in [3.8, 4) is 5.75 Å². The molecule has 1 aromatic rings. The lowest BCUT2D eigenvalue weighted by Gasteiger charge is -2.30. The molecule has 2 unspecified atom stereocenters. The number of rotatable bonds is 6. The highest BCUT2D eigenvalue weighted by atomic mass is 16.5. The minimum atomic E-state index is -0.0328. The molecular weight excluding hydrogens is 240 g/mol. The Morgan fingerprint density at radius 1 is 1.11 bits per heavy atom. The zero-order valence-electron chi connectivity index (χ0n) is 12.8. The maximum Gasteiger partial charge on any atom is 0.122 e. The normalized spacial score (nSPS) is 14.5. The Hall–Kier alpha value is -1.10. The molecule has 19 heavy (non-hydrogen) atoms. The molecule has 0 heterocycles. The van der Waals surface area contributed by atoms with Gasteiger partial charge in [0.15, 0.2) is 0 Å². The molecule has 0 saturated carbocycles. The Morgan fingerprint density at radius 2 is 1.74 bits per heavy atom. The molecule has 0 fully saturated rings. The summed E-state index contributed by atoms with van der Waals surface area (Å²) >= 11 is 0. The molecule has 4 heteroatoms. The summed E-state index contributed by atoms with van der Waals surface area (Å²) in [6.45, 7) is 8.36. The summed E-state index contributed by atoms with van der Waals surface area (Å²) in [6, 6.07) is 4.13. The van der Waals surface area contributed by atoms with Crippen molar-refractivity contribution in [2.24, 2.45) is 11.8 Å². The van der Waals surface area contributed by atoms with E-state index in [0.29, 0.717) is 5.92 Å². The van der Waals surface area contributed by atoms with Gasteiger partial charge in [-0.15, -0.1) is 0 Å². The zero-order chi connectivity index (χ0) is 14.6. The highest BCUT2D eigenvalue weighted by molar-refractivity contribution is 5.43. The largest absolute Gasteiger partial charge is 0.496 e. The van der Waals surface area contributed by atoms with Crippen molar-refractivity contribution in [2.45, 2.75) is 39.8 Å². The standard InChI is InChI=1S/C15H26N2O2/c1-9(2)15(19-6)14(17-16)12-7-11(4)13(18-5)8-10(12)3/h7-9,14-15,17H,16H2,1-6H3. The molecule has 0 aliphatic carbocycles. The molecule has 0 aliphatic heterocycles. The molecular formula is C15H26N2O2. The van der Waals surface area contributed by atoms with E-state index in [-0.39, 0.29) is 12.1 Å². The molecule has 0 aromatic heterocycles. The molecule has 0 saturated heterocycles. The van der Waals surface area contributed by atoms with Gasteiger partial charge in [0.25, 0.3) is 0 Å². The van der Waals surface area contributed by atoms with Gasteiger partial charge in [-0.05, 0) is 42.5 Å². The van der Waals surface area contributed by atoms with Crippen molar-refractivity contribution >= 4 is 0 Å². The molecule has 4 nitrogen and oxygen atoms in total. The van der Waals surface area contributed by atoms with E-state index in [1.54, 1.807) is 14.2 Å². The van der Waals surface area contributed by atoms with Crippen LogP contribution in [0.4, 0.5) is 0 Å². The van der Waals surface area contributed by atoms with Crippen molar-refractivity contribution in [1.82, 2.24) is 5.43 Å². The van der Waals surface area contributed by atoms with Gasteiger partial charge in [-0.1, -0.05) is 19.9 Å². The van der Waals surface area contributed by atoms with Crippen molar-refractivity contribution in [3.05, 3.63) is 28.8 Å². The van der Waals surface area contributed by atoms with E-state index >= 15 is 0 Å². The van der Waals surface area contributed by atoms with Crippen LogP contribution in [0, 0.1) is 19.8 Å². The monoisotopic (exact) mass is 266 g/mol.